The van der Waals surface area contributed by atoms with Crippen molar-refractivity contribution in [1.29, 1.82) is 0 Å². The van der Waals surface area contributed by atoms with Gasteiger partial charge in [-0.3, -0.25) is 14.4 Å². The standard InChI is InChI=1S/C76H130O6/c1-4-7-10-13-16-19-22-24-26-28-30-32-34-36-38-40-42-44-46-48-50-52-54-57-60-63-66-69-75(78)81-72-73(71-80-74(77)68-65-62-59-56-21-18-15-12-9-6-3)82-76(79)70-67-64-61-58-55-53-51-49-47-45-43-41-39-37-35-33-31-29-27-25-23-20-17-14-11-8-5-2/h7,10,12,15-16,19,24,26,30,32,36,38,42,44,48,50,54,57,73H,4-6,8-9,11,13-14,17-18,20-23,25,27-29,31,33-35,37,39-41,43,45-47,49,51-53,55-56,58-72H2,1-3H3/b10-7-,15-12-,19-16-,26-24-,32-30-,38-36-,44-42-,50-48-,57-54-. The number of hydrogen-bond acceptors (Lipinski definition) is 6. The van der Waals surface area contributed by atoms with Crippen molar-refractivity contribution in [1.82, 2.24) is 0 Å². The molecule has 0 aromatic heterocycles. The van der Waals surface area contributed by atoms with E-state index in [1.807, 2.05) is 0 Å². The summed E-state index contributed by atoms with van der Waals surface area (Å²) in [5.41, 5.74) is 0. The maximum atomic E-state index is 12.9. The maximum absolute atomic E-state index is 12.9. The second kappa shape index (κ2) is 69.6. The molecule has 6 nitrogen and oxygen atoms in total. The van der Waals surface area contributed by atoms with E-state index in [0.717, 1.165) is 128 Å². The fraction of sp³-hybridized carbons (Fsp3) is 0.724. The molecule has 0 rings (SSSR count). The van der Waals surface area contributed by atoms with E-state index in [-0.39, 0.29) is 31.1 Å². The molecule has 0 fully saturated rings. The number of carbonyl (C=O) groups excluding carboxylic acids is 3. The molecule has 0 aliphatic heterocycles. The first-order valence-electron chi connectivity index (χ1n) is 34.9. The summed E-state index contributed by atoms with van der Waals surface area (Å²) in [5, 5.41) is 0. The number of unbranched alkanes of at least 4 members (excludes halogenated alkanes) is 34. The van der Waals surface area contributed by atoms with Gasteiger partial charge in [0, 0.05) is 19.3 Å². The molecule has 0 N–H and O–H groups in total. The van der Waals surface area contributed by atoms with Gasteiger partial charge >= 0.3 is 17.9 Å². The smallest absolute Gasteiger partial charge is 0.306 e. The van der Waals surface area contributed by atoms with Gasteiger partial charge in [-0.1, -0.05) is 323 Å². The summed E-state index contributed by atoms with van der Waals surface area (Å²) in [6.07, 6.45) is 95.6. The number of hydrogen-bond donors (Lipinski definition) is 0. The zero-order valence-electron chi connectivity index (χ0n) is 54.0. The lowest BCUT2D eigenvalue weighted by Gasteiger charge is -2.18. The highest BCUT2D eigenvalue weighted by Gasteiger charge is 2.19. The van der Waals surface area contributed by atoms with Gasteiger partial charge in [-0.15, -0.1) is 0 Å². The fourth-order valence-electron chi connectivity index (χ4n) is 9.82. The lowest BCUT2D eigenvalue weighted by atomic mass is 10.0. The van der Waals surface area contributed by atoms with E-state index in [4.69, 9.17) is 14.2 Å². The molecule has 6 heteroatoms. The van der Waals surface area contributed by atoms with Gasteiger partial charge < -0.3 is 14.2 Å². The number of rotatable bonds is 63. The van der Waals surface area contributed by atoms with Crippen molar-refractivity contribution in [3.05, 3.63) is 109 Å². The van der Waals surface area contributed by atoms with Gasteiger partial charge in [-0.2, -0.15) is 0 Å². The molecule has 0 aliphatic rings. The quantitative estimate of drug-likeness (QED) is 0.0261. The Morgan fingerprint density at radius 2 is 0.500 bits per heavy atom. The minimum absolute atomic E-state index is 0.0951. The van der Waals surface area contributed by atoms with Crippen molar-refractivity contribution in [2.75, 3.05) is 13.2 Å². The first kappa shape index (κ1) is 78.1. The molecule has 0 aliphatic carbocycles. The van der Waals surface area contributed by atoms with E-state index in [0.29, 0.717) is 19.3 Å². The molecule has 0 saturated carbocycles. The van der Waals surface area contributed by atoms with Crippen molar-refractivity contribution >= 4 is 17.9 Å². The van der Waals surface area contributed by atoms with Crippen molar-refractivity contribution in [3.8, 4) is 0 Å². The van der Waals surface area contributed by atoms with Crippen LogP contribution in [0.5, 0.6) is 0 Å². The molecule has 0 heterocycles. The lowest BCUT2D eigenvalue weighted by Crippen LogP contribution is -2.30. The van der Waals surface area contributed by atoms with Crippen LogP contribution in [-0.2, 0) is 28.6 Å². The minimum atomic E-state index is -0.801. The summed E-state index contributed by atoms with van der Waals surface area (Å²) in [7, 11) is 0. The van der Waals surface area contributed by atoms with Gasteiger partial charge in [-0.25, -0.2) is 0 Å². The highest BCUT2D eigenvalue weighted by molar-refractivity contribution is 5.71. The monoisotopic (exact) mass is 1140 g/mol. The van der Waals surface area contributed by atoms with Crippen molar-refractivity contribution in [2.24, 2.45) is 0 Å². The lowest BCUT2D eigenvalue weighted by molar-refractivity contribution is -0.167. The molecule has 0 radical (unpaired) electrons. The summed E-state index contributed by atoms with van der Waals surface area (Å²) < 4.78 is 16.9. The largest absolute Gasteiger partial charge is 0.462 e. The Kier molecular flexibility index (Phi) is 66.2. The van der Waals surface area contributed by atoms with E-state index < -0.39 is 6.10 Å². The van der Waals surface area contributed by atoms with Gasteiger partial charge in [0.05, 0.1) is 0 Å². The van der Waals surface area contributed by atoms with Crippen LogP contribution in [0.2, 0.25) is 0 Å². The number of carbonyl (C=O) groups is 3. The topological polar surface area (TPSA) is 78.9 Å². The third-order valence-corrected chi connectivity index (χ3v) is 15.0. The Labute approximate surface area is 508 Å². The first-order valence-corrected chi connectivity index (χ1v) is 34.9. The highest BCUT2D eigenvalue weighted by atomic mass is 16.6. The second-order valence-corrected chi connectivity index (χ2v) is 23.1. The molecule has 0 aromatic carbocycles. The molecule has 0 aromatic rings. The molecule has 0 amide bonds. The van der Waals surface area contributed by atoms with Crippen molar-refractivity contribution in [3.63, 3.8) is 0 Å². The average Bonchev–Trinajstić information content (AvgIpc) is 3.48. The first-order chi connectivity index (χ1) is 40.5. The third kappa shape index (κ3) is 66.9. The van der Waals surface area contributed by atoms with Crippen LogP contribution >= 0.6 is 0 Å². The number of ether oxygens (including phenoxy) is 3. The SMILES string of the molecule is CC/C=C\C/C=C\C/C=C\C/C=C\C/C=C\C/C=C\C/C=C\C/C=C\CCCCC(=O)OCC(COC(=O)CCCCCCC/C=C\CCC)OC(=O)CCCCCCCCCCCCCCCCCCCCCCCCCCCCC. The van der Waals surface area contributed by atoms with Crippen LogP contribution in [0.1, 0.15) is 335 Å². The van der Waals surface area contributed by atoms with Crippen LogP contribution < -0.4 is 0 Å². The molecule has 470 valence electrons. The predicted molar refractivity (Wildman–Crippen MR) is 357 cm³/mol. The van der Waals surface area contributed by atoms with E-state index in [9.17, 15) is 14.4 Å². The summed E-state index contributed by atoms with van der Waals surface area (Å²) in [6.45, 7) is 6.46. The van der Waals surface area contributed by atoms with Gasteiger partial charge in [0.2, 0.25) is 0 Å². The minimum Gasteiger partial charge on any atom is -0.462 e. The van der Waals surface area contributed by atoms with Crippen molar-refractivity contribution in [2.45, 2.75) is 341 Å². The number of allylic oxidation sites excluding steroid dienone is 18. The fourth-order valence-corrected chi connectivity index (χ4v) is 9.82. The molecule has 0 bridgehead atoms. The highest BCUT2D eigenvalue weighted by Crippen LogP contribution is 2.18. The van der Waals surface area contributed by atoms with E-state index >= 15 is 0 Å². The van der Waals surface area contributed by atoms with E-state index in [1.54, 1.807) is 0 Å². The van der Waals surface area contributed by atoms with Gasteiger partial charge in [0.15, 0.2) is 6.10 Å². The number of esters is 3. The Morgan fingerprint density at radius 3 is 0.829 bits per heavy atom. The molecule has 0 saturated heterocycles. The van der Waals surface area contributed by atoms with Gasteiger partial charge in [-0.05, 0) is 103 Å². The Balaban J connectivity index is 4.27. The van der Waals surface area contributed by atoms with Gasteiger partial charge in [0.1, 0.15) is 13.2 Å². The molecule has 1 atom stereocenters. The zero-order chi connectivity index (χ0) is 59.2. The summed E-state index contributed by atoms with van der Waals surface area (Å²) in [5.74, 6) is -0.939. The summed E-state index contributed by atoms with van der Waals surface area (Å²) >= 11 is 0. The molecular formula is C76H130O6. The van der Waals surface area contributed by atoms with Crippen LogP contribution in [0, 0.1) is 0 Å². The normalized spacial score (nSPS) is 12.8. The summed E-state index contributed by atoms with van der Waals surface area (Å²) in [6, 6.07) is 0. The van der Waals surface area contributed by atoms with Crippen LogP contribution in [0.25, 0.3) is 0 Å². The van der Waals surface area contributed by atoms with E-state index in [1.165, 1.54) is 167 Å². The second-order valence-electron chi connectivity index (χ2n) is 23.1. The van der Waals surface area contributed by atoms with Crippen LogP contribution in [-0.4, -0.2) is 37.2 Å². The molecular weight excluding hydrogens is 1010 g/mol. The van der Waals surface area contributed by atoms with Crippen molar-refractivity contribution < 1.29 is 28.6 Å². The molecule has 82 heavy (non-hydrogen) atoms. The summed E-state index contributed by atoms with van der Waals surface area (Å²) in [4.78, 5) is 38.3. The predicted octanol–water partition coefficient (Wildman–Crippen LogP) is 24.2. The van der Waals surface area contributed by atoms with Crippen LogP contribution in [0.4, 0.5) is 0 Å². The molecule has 1 unspecified atom stereocenters. The Bertz CT molecular complexity index is 1640. The van der Waals surface area contributed by atoms with Gasteiger partial charge in [0.25, 0.3) is 0 Å². The van der Waals surface area contributed by atoms with Crippen LogP contribution in [0.3, 0.4) is 0 Å². The molecule has 0 spiro atoms. The maximum Gasteiger partial charge on any atom is 0.306 e. The average molecular weight is 1140 g/mol. The Hall–Kier alpha value is -3.93. The van der Waals surface area contributed by atoms with E-state index in [2.05, 4.69) is 130 Å². The third-order valence-electron chi connectivity index (χ3n) is 15.0. The van der Waals surface area contributed by atoms with Crippen LogP contribution in [0.15, 0.2) is 109 Å². The Morgan fingerprint density at radius 1 is 0.256 bits per heavy atom. The zero-order valence-corrected chi connectivity index (χ0v) is 54.0.